The SMILES string of the molecule is CCOc1ccccc1NC(=O)[C@@H]1CCCN(S(=O)(=O)Cc2ccc(Cl)c(Cl)c2)C1. The van der Waals surface area contributed by atoms with Gasteiger partial charge in [0.05, 0.1) is 34.0 Å². The number of carbonyl (C=O) groups is 1. The van der Waals surface area contributed by atoms with Crippen molar-refractivity contribution in [3.8, 4) is 5.75 Å². The zero-order valence-electron chi connectivity index (χ0n) is 16.6. The zero-order chi connectivity index (χ0) is 21.7. The van der Waals surface area contributed by atoms with Gasteiger partial charge in [0, 0.05) is 13.1 Å². The number of piperidine rings is 1. The maximum absolute atomic E-state index is 12.9. The van der Waals surface area contributed by atoms with E-state index in [1.165, 1.54) is 4.31 Å². The average molecular weight is 471 g/mol. The van der Waals surface area contributed by atoms with Crippen molar-refractivity contribution in [1.82, 2.24) is 4.31 Å². The van der Waals surface area contributed by atoms with Crippen molar-refractivity contribution in [2.45, 2.75) is 25.5 Å². The molecule has 1 heterocycles. The molecule has 1 amide bonds. The van der Waals surface area contributed by atoms with E-state index in [0.29, 0.717) is 53.0 Å². The maximum atomic E-state index is 12.9. The van der Waals surface area contributed by atoms with E-state index in [1.807, 2.05) is 19.1 Å². The van der Waals surface area contributed by atoms with Crippen LogP contribution in [0.2, 0.25) is 10.0 Å². The third-order valence-electron chi connectivity index (χ3n) is 4.93. The Morgan fingerprint density at radius 1 is 1.20 bits per heavy atom. The Bertz CT molecular complexity index is 1010. The smallest absolute Gasteiger partial charge is 0.228 e. The van der Waals surface area contributed by atoms with Crippen molar-refractivity contribution in [2.24, 2.45) is 5.92 Å². The number of hydrogen-bond acceptors (Lipinski definition) is 4. The summed E-state index contributed by atoms with van der Waals surface area (Å²) in [5, 5.41) is 3.57. The number of carbonyl (C=O) groups excluding carboxylic acids is 1. The number of nitrogens with one attached hydrogen (secondary N) is 1. The first-order valence-electron chi connectivity index (χ1n) is 9.74. The van der Waals surface area contributed by atoms with Gasteiger partial charge in [-0.2, -0.15) is 0 Å². The van der Waals surface area contributed by atoms with Crippen LogP contribution in [0.25, 0.3) is 0 Å². The van der Waals surface area contributed by atoms with Crippen LogP contribution in [0.1, 0.15) is 25.3 Å². The van der Waals surface area contributed by atoms with Crippen molar-refractivity contribution in [1.29, 1.82) is 0 Å². The number of anilines is 1. The fourth-order valence-corrected chi connectivity index (χ4v) is 5.34. The third kappa shape index (κ3) is 5.66. The number of halogens is 2. The Hall–Kier alpha value is -1.80. The summed E-state index contributed by atoms with van der Waals surface area (Å²) in [5.41, 5.74) is 1.14. The molecule has 0 spiro atoms. The molecule has 1 aliphatic rings. The Balaban J connectivity index is 1.68. The highest BCUT2D eigenvalue weighted by atomic mass is 35.5. The highest BCUT2D eigenvalue weighted by molar-refractivity contribution is 7.88. The van der Waals surface area contributed by atoms with E-state index in [1.54, 1.807) is 30.3 Å². The predicted molar refractivity (Wildman–Crippen MR) is 120 cm³/mol. The van der Waals surface area contributed by atoms with Gasteiger partial charge >= 0.3 is 0 Å². The molecule has 0 radical (unpaired) electrons. The molecule has 6 nitrogen and oxygen atoms in total. The van der Waals surface area contributed by atoms with Crippen LogP contribution in [0.5, 0.6) is 5.75 Å². The van der Waals surface area contributed by atoms with Gasteiger partial charge in [-0.15, -0.1) is 0 Å². The second-order valence-corrected chi connectivity index (χ2v) is 9.90. The number of hydrogen-bond donors (Lipinski definition) is 1. The molecule has 0 saturated carbocycles. The molecular weight excluding hydrogens is 447 g/mol. The molecule has 2 aromatic rings. The number of rotatable bonds is 7. The topological polar surface area (TPSA) is 75.7 Å². The first kappa shape index (κ1) is 22.9. The molecule has 1 atom stereocenters. The number of para-hydroxylation sites is 2. The van der Waals surface area contributed by atoms with Gasteiger partial charge in [-0.05, 0) is 49.6 Å². The largest absolute Gasteiger partial charge is 0.492 e. The Morgan fingerprint density at radius 2 is 1.97 bits per heavy atom. The summed E-state index contributed by atoms with van der Waals surface area (Å²) >= 11 is 11.9. The second-order valence-electron chi connectivity index (χ2n) is 7.12. The molecule has 0 aliphatic carbocycles. The van der Waals surface area contributed by atoms with Gasteiger partial charge in [0.15, 0.2) is 0 Å². The first-order chi connectivity index (χ1) is 14.3. The third-order valence-corrected chi connectivity index (χ3v) is 7.48. The van der Waals surface area contributed by atoms with Crippen LogP contribution in [0.4, 0.5) is 5.69 Å². The van der Waals surface area contributed by atoms with Crippen LogP contribution in [-0.4, -0.2) is 38.3 Å². The Morgan fingerprint density at radius 3 is 2.70 bits per heavy atom. The van der Waals surface area contributed by atoms with E-state index < -0.39 is 15.9 Å². The van der Waals surface area contributed by atoms with Gasteiger partial charge in [0.1, 0.15) is 5.75 Å². The van der Waals surface area contributed by atoms with E-state index in [-0.39, 0.29) is 18.2 Å². The van der Waals surface area contributed by atoms with E-state index in [4.69, 9.17) is 27.9 Å². The molecule has 0 unspecified atom stereocenters. The lowest BCUT2D eigenvalue weighted by Crippen LogP contribution is -2.44. The molecule has 3 rings (SSSR count). The standard InChI is InChI=1S/C21H24Cl2N2O4S/c1-2-29-20-8-4-3-7-19(20)24-21(26)16-6-5-11-25(13-16)30(27,28)14-15-9-10-17(22)18(23)12-15/h3-4,7-10,12,16H,2,5-6,11,13-14H2,1H3,(H,24,26)/t16-/m1/s1. The second kappa shape index (κ2) is 10.0. The molecule has 0 bridgehead atoms. The van der Waals surface area contributed by atoms with Gasteiger partial charge < -0.3 is 10.1 Å². The summed E-state index contributed by atoms with van der Waals surface area (Å²) in [4.78, 5) is 12.8. The number of sulfonamides is 1. The minimum Gasteiger partial charge on any atom is -0.492 e. The van der Waals surface area contributed by atoms with E-state index in [2.05, 4.69) is 5.32 Å². The molecule has 1 fully saturated rings. The fourth-order valence-electron chi connectivity index (χ4n) is 3.43. The van der Waals surface area contributed by atoms with Crippen LogP contribution in [-0.2, 0) is 20.6 Å². The van der Waals surface area contributed by atoms with Crippen LogP contribution in [0.3, 0.4) is 0 Å². The van der Waals surface area contributed by atoms with Crippen molar-refractivity contribution in [3.05, 3.63) is 58.1 Å². The van der Waals surface area contributed by atoms with Gasteiger partial charge in [0.2, 0.25) is 15.9 Å². The van der Waals surface area contributed by atoms with Crippen LogP contribution < -0.4 is 10.1 Å². The lowest BCUT2D eigenvalue weighted by molar-refractivity contribution is -0.120. The van der Waals surface area contributed by atoms with Gasteiger partial charge in [-0.25, -0.2) is 12.7 Å². The van der Waals surface area contributed by atoms with Gasteiger partial charge in [-0.3, -0.25) is 4.79 Å². The van der Waals surface area contributed by atoms with Crippen LogP contribution in [0.15, 0.2) is 42.5 Å². The highest BCUT2D eigenvalue weighted by Gasteiger charge is 2.32. The normalized spacial score (nSPS) is 17.5. The van der Waals surface area contributed by atoms with E-state index >= 15 is 0 Å². The quantitative estimate of drug-likeness (QED) is 0.642. The summed E-state index contributed by atoms with van der Waals surface area (Å²) < 4.78 is 32.8. The molecule has 9 heteroatoms. The summed E-state index contributed by atoms with van der Waals surface area (Å²) in [6, 6.07) is 12.0. The maximum Gasteiger partial charge on any atom is 0.228 e. The number of nitrogens with zero attached hydrogens (tertiary/aromatic N) is 1. The summed E-state index contributed by atoms with van der Waals surface area (Å²) in [5.74, 6) is -0.243. The number of benzene rings is 2. The molecular formula is C21H24Cl2N2O4S. The molecule has 0 aromatic heterocycles. The Labute approximate surface area is 187 Å². The summed E-state index contributed by atoms with van der Waals surface area (Å²) in [7, 11) is -3.60. The lowest BCUT2D eigenvalue weighted by atomic mass is 9.98. The molecule has 1 saturated heterocycles. The van der Waals surface area contributed by atoms with Crippen LogP contribution >= 0.6 is 23.2 Å². The molecule has 30 heavy (non-hydrogen) atoms. The molecule has 2 aromatic carbocycles. The fraction of sp³-hybridized carbons (Fsp3) is 0.381. The average Bonchev–Trinajstić information content (AvgIpc) is 2.72. The van der Waals surface area contributed by atoms with E-state index in [0.717, 1.165) is 0 Å². The van der Waals surface area contributed by atoms with Crippen molar-refractivity contribution >= 4 is 44.8 Å². The zero-order valence-corrected chi connectivity index (χ0v) is 18.9. The molecule has 1 N–H and O–H groups in total. The van der Waals surface area contributed by atoms with Gasteiger partial charge in [0.25, 0.3) is 0 Å². The lowest BCUT2D eigenvalue weighted by Gasteiger charge is -2.31. The van der Waals surface area contributed by atoms with Crippen molar-refractivity contribution in [3.63, 3.8) is 0 Å². The summed E-state index contributed by atoms with van der Waals surface area (Å²) in [6.45, 7) is 2.89. The predicted octanol–water partition coefficient (Wildman–Crippen LogP) is 4.57. The minimum atomic E-state index is -3.60. The van der Waals surface area contributed by atoms with Crippen molar-refractivity contribution in [2.75, 3.05) is 25.0 Å². The molecule has 1 aliphatic heterocycles. The highest BCUT2D eigenvalue weighted by Crippen LogP contribution is 2.28. The first-order valence-corrected chi connectivity index (χ1v) is 12.1. The number of amides is 1. The minimum absolute atomic E-state index is 0.145. The number of ether oxygens (including phenoxy) is 1. The Kier molecular flexibility index (Phi) is 7.63. The molecule has 162 valence electrons. The monoisotopic (exact) mass is 470 g/mol. The van der Waals surface area contributed by atoms with Crippen LogP contribution in [0, 0.1) is 5.92 Å². The summed E-state index contributed by atoms with van der Waals surface area (Å²) in [6.07, 6.45) is 1.24. The van der Waals surface area contributed by atoms with Gasteiger partial charge in [-0.1, -0.05) is 41.4 Å². The van der Waals surface area contributed by atoms with Crippen molar-refractivity contribution < 1.29 is 17.9 Å². The van der Waals surface area contributed by atoms with E-state index in [9.17, 15) is 13.2 Å².